The highest BCUT2D eigenvalue weighted by Crippen LogP contribution is 2.18. The van der Waals surface area contributed by atoms with Gasteiger partial charge >= 0.3 is 0 Å². The molecule has 0 unspecified atom stereocenters. The van der Waals surface area contributed by atoms with Crippen LogP contribution in [0, 0.1) is 6.92 Å². The zero-order valence-corrected chi connectivity index (χ0v) is 14.7. The summed E-state index contributed by atoms with van der Waals surface area (Å²) in [6.07, 6.45) is 4.01. The van der Waals surface area contributed by atoms with Crippen LogP contribution in [0.25, 0.3) is 0 Å². The Labute approximate surface area is 147 Å². The minimum atomic E-state index is -0.312. The zero-order chi connectivity index (χ0) is 17.8. The van der Waals surface area contributed by atoms with Gasteiger partial charge in [0.05, 0.1) is 18.2 Å². The highest BCUT2D eigenvalue weighted by molar-refractivity contribution is 5.79. The number of fused-ring (bicyclic) bond motifs is 1. The number of aromatic nitrogens is 2. The van der Waals surface area contributed by atoms with E-state index in [0.29, 0.717) is 0 Å². The third-order valence-electron chi connectivity index (χ3n) is 4.45. The van der Waals surface area contributed by atoms with Gasteiger partial charge in [-0.15, -0.1) is 0 Å². The molecule has 2 atom stereocenters. The lowest BCUT2D eigenvalue weighted by Gasteiger charge is -2.26. The van der Waals surface area contributed by atoms with Gasteiger partial charge in [-0.1, -0.05) is 30.3 Å². The van der Waals surface area contributed by atoms with Gasteiger partial charge in [-0.05, 0) is 18.9 Å². The number of rotatable bonds is 5. The highest BCUT2D eigenvalue weighted by atomic mass is 16.2. The summed E-state index contributed by atoms with van der Waals surface area (Å²) in [5, 5.41) is 5.97. The Kier molecular flexibility index (Phi) is 5.16. The van der Waals surface area contributed by atoms with Crippen molar-refractivity contribution in [3.05, 3.63) is 53.6 Å². The SMILES string of the molecule is CC(=O)N[C@H](CC(=O)N[C@H]1CCc2nc(C)cn2C1)c1ccccc1. The summed E-state index contributed by atoms with van der Waals surface area (Å²) < 4.78 is 2.12. The fourth-order valence-electron chi connectivity index (χ4n) is 3.36. The molecule has 2 N–H and O–H groups in total. The zero-order valence-electron chi connectivity index (χ0n) is 14.7. The maximum absolute atomic E-state index is 12.5. The van der Waals surface area contributed by atoms with Gasteiger partial charge in [0.25, 0.3) is 0 Å². The number of carbonyl (C=O) groups is 2. The van der Waals surface area contributed by atoms with Crippen molar-refractivity contribution >= 4 is 11.8 Å². The van der Waals surface area contributed by atoms with Crippen molar-refractivity contribution in [1.82, 2.24) is 20.2 Å². The maximum Gasteiger partial charge on any atom is 0.222 e. The molecule has 6 nitrogen and oxygen atoms in total. The van der Waals surface area contributed by atoms with Crippen molar-refractivity contribution in [2.75, 3.05) is 0 Å². The molecule has 1 aromatic carbocycles. The van der Waals surface area contributed by atoms with Gasteiger partial charge in [-0.2, -0.15) is 0 Å². The van der Waals surface area contributed by atoms with Crippen molar-refractivity contribution < 1.29 is 9.59 Å². The van der Waals surface area contributed by atoms with Gasteiger partial charge in [-0.25, -0.2) is 4.98 Å². The standard InChI is InChI=1S/C19H24N4O2/c1-13-11-23-12-16(8-9-18(23)20-13)22-19(25)10-17(21-14(2)24)15-6-4-3-5-7-15/h3-7,11,16-17H,8-10,12H2,1-2H3,(H,21,24)(H,22,25)/t16-,17+/m0/s1. The molecule has 25 heavy (non-hydrogen) atoms. The molecule has 3 rings (SSSR count). The number of carbonyl (C=O) groups excluding carboxylic acids is 2. The van der Waals surface area contributed by atoms with Gasteiger partial charge in [0.15, 0.2) is 0 Å². The van der Waals surface area contributed by atoms with Crippen LogP contribution in [-0.4, -0.2) is 27.4 Å². The van der Waals surface area contributed by atoms with Crippen LogP contribution in [0.1, 0.15) is 42.9 Å². The normalized spacial score (nSPS) is 17.4. The van der Waals surface area contributed by atoms with Crippen LogP contribution in [0.5, 0.6) is 0 Å². The third kappa shape index (κ3) is 4.47. The Balaban J connectivity index is 1.61. The van der Waals surface area contributed by atoms with Crippen molar-refractivity contribution in [3.8, 4) is 0 Å². The van der Waals surface area contributed by atoms with E-state index in [1.165, 1.54) is 6.92 Å². The molecule has 132 valence electrons. The lowest BCUT2D eigenvalue weighted by Crippen LogP contribution is -2.42. The minimum Gasteiger partial charge on any atom is -0.351 e. The average Bonchev–Trinajstić information content (AvgIpc) is 2.94. The first-order valence-corrected chi connectivity index (χ1v) is 8.65. The van der Waals surface area contributed by atoms with E-state index in [2.05, 4.69) is 20.2 Å². The second-order valence-corrected chi connectivity index (χ2v) is 6.62. The summed E-state index contributed by atoms with van der Waals surface area (Å²) in [6, 6.07) is 9.37. The Bertz CT molecular complexity index is 754. The molecular formula is C19H24N4O2. The lowest BCUT2D eigenvalue weighted by molar-refractivity contribution is -0.123. The van der Waals surface area contributed by atoms with E-state index in [1.54, 1.807) is 0 Å². The molecule has 1 aliphatic rings. The molecule has 2 amide bonds. The number of benzene rings is 1. The molecular weight excluding hydrogens is 316 g/mol. The van der Waals surface area contributed by atoms with E-state index < -0.39 is 0 Å². The number of hydrogen-bond donors (Lipinski definition) is 2. The molecule has 0 bridgehead atoms. The van der Waals surface area contributed by atoms with Crippen molar-refractivity contribution in [2.45, 2.75) is 51.7 Å². The van der Waals surface area contributed by atoms with E-state index in [9.17, 15) is 9.59 Å². The first kappa shape index (κ1) is 17.2. The fourth-order valence-corrected chi connectivity index (χ4v) is 3.36. The van der Waals surface area contributed by atoms with Gasteiger partial charge in [0.1, 0.15) is 5.82 Å². The predicted octanol–water partition coefficient (Wildman–Crippen LogP) is 1.89. The summed E-state index contributed by atoms with van der Waals surface area (Å²) in [4.78, 5) is 28.5. The summed E-state index contributed by atoms with van der Waals surface area (Å²) >= 11 is 0. The second kappa shape index (κ2) is 7.51. The number of amides is 2. The highest BCUT2D eigenvalue weighted by Gasteiger charge is 2.23. The first-order valence-electron chi connectivity index (χ1n) is 8.65. The molecule has 0 radical (unpaired) electrons. The summed E-state index contributed by atoms with van der Waals surface area (Å²) in [5.74, 6) is 0.897. The molecule has 1 aliphatic heterocycles. The van der Waals surface area contributed by atoms with Gasteiger partial charge in [0, 0.05) is 32.1 Å². The van der Waals surface area contributed by atoms with Crippen LogP contribution >= 0.6 is 0 Å². The van der Waals surface area contributed by atoms with Crippen LogP contribution in [0.2, 0.25) is 0 Å². The minimum absolute atomic E-state index is 0.0482. The third-order valence-corrected chi connectivity index (χ3v) is 4.45. The Morgan fingerprint density at radius 1 is 1.32 bits per heavy atom. The average molecular weight is 340 g/mol. The number of imidazole rings is 1. The van der Waals surface area contributed by atoms with Gasteiger partial charge < -0.3 is 15.2 Å². The Morgan fingerprint density at radius 2 is 2.08 bits per heavy atom. The molecule has 0 aliphatic carbocycles. The fraction of sp³-hybridized carbons (Fsp3) is 0.421. The largest absolute Gasteiger partial charge is 0.351 e. The molecule has 0 fully saturated rings. The monoisotopic (exact) mass is 340 g/mol. The maximum atomic E-state index is 12.5. The summed E-state index contributed by atoms with van der Waals surface area (Å²) in [5.41, 5.74) is 1.95. The molecule has 2 aromatic rings. The van der Waals surface area contributed by atoms with E-state index >= 15 is 0 Å². The smallest absolute Gasteiger partial charge is 0.222 e. The van der Waals surface area contributed by atoms with Gasteiger partial charge in [0.2, 0.25) is 11.8 Å². The molecule has 0 saturated carbocycles. The van der Waals surface area contributed by atoms with Crippen LogP contribution in [0.3, 0.4) is 0 Å². The van der Waals surface area contributed by atoms with Crippen LogP contribution < -0.4 is 10.6 Å². The quantitative estimate of drug-likeness (QED) is 0.873. The lowest BCUT2D eigenvalue weighted by atomic mass is 10.0. The van der Waals surface area contributed by atoms with E-state index in [-0.39, 0.29) is 30.3 Å². The second-order valence-electron chi connectivity index (χ2n) is 6.62. The van der Waals surface area contributed by atoms with Crippen LogP contribution in [-0.2, 0) is 22.6 Å². The van der Waals surface area contributed by atoms with Crippen molar-refractivity contribution in [1.29, 1.82) is 0 Å². The molecule has 2 heterocycles. The molecule has 6 heteroatoms. The molecule has 1 aromatic heterocycles. The number of hydrogen-bond acceptors (Lipinski definition) is 3. The molecule has 0 spiro atoms. The Hall–Kier alpha value is -2.63. The van der Waals surface area contributed by atoms with E-state index in [0.717, 1.165) is 36.5 Å². The first-order chi connectivity index (χ1) is 12.0. The number of nitrogens with one attached hydrogen (secondary N) is 2. The topological polar surface area (TPSA) is 76.0 Å². The summed E-state index contributed by atoms with van der Waals surface area (Å²) in [7, 11) is 0. The number of aryl methyl sites for hydroxylation is 2. The van der Waals surface area contributed by atoms with E-state index in [1.807, 2.05) is 43.5 Å². The number of nitrogens with zero attached hydrogens (tertiary/aromatic N) is 2. The van der Waals surface area contributed by atoms with Crippen LogP contribution in [0.15, 0.2) is 36.5 Å². The predicted molar refractivity (Wildman–Crippen MR) is 94.8 cm³/mol. The van der Waals surface area contributed by atoms with E-state index in [4.69, 9.17) is 0 Å². The molecule has 0 saturated heterocycles. The van der Waals surface area contributed by atoms with Crippen LogP contribution in [0.4, 0.5) is 0 Å². The Morgan fingerprint density at radius 3 is 2.80 bits per heavy atom. The van der Waals surface area contributed by atoms with Crippen molar-refractivity contribution in [3.63, 3.8) is 0 Å². The summed E-state index contributed by atoms with van der Waals surface area (Å²) in [6.45, 7) is 4.20. The van der Waals surface area contributed by atoms with Crippen molar-refractivity contribution in [2.24, 2.45) is 0 Å². The van der Waals surface area contributed by atoms with Gasteiger partial charge in [-0.3, -0.25) is 9.59 Å².